The summed E-state index contributed by atoms with van der Waals surface area (Å²) in [5.41, 5.74) is 15.5. The number of nitrogens with one attached hydrogen (secondary N) is 1. The molecule has 292 valence electrons. The van der Waals surface area contributed by atoms with Crippen molar-refractivity contribution in [1.29, 1.82) is 5.41 Å². The molecule has 60 heavy (non-hydrogen) atoms. The minimum atomic E-state index is -0.461. The highest BCUT2D eigenvalue weighted by Crippen LogP contribution is 2.62. The Balaban J connectivity index is 1.01. The number of fused-ring (bicyclic) bond motifs is 9. The number of nitrogens with zero attached hydrogens (tertiary/aromatic N) is 2. The van der Waals surface area contributed by atoms with Gasteiger partial charge in [-0.3, -0.25) is 10.4 Å². The molecular weight excluding hydrogens is 747 g/mol. The molecule has 5 aromatic rings. The Morgan fingerprint density at radius 2 is 1.58 bits per heavy atom. The van der Waals surface area contributed by atoms with Crippen LogP contribution in [0.5, 0.6) is 0 Å². The average Bonchev–Trinajstić information content (AvgIpc) is 3.60. The van der Waals surface area contributed by atoms with Crippen LogP contribution < -0.4 is 0 Å². The zero-order valence-corrected chi connectivity index (χ0v) is 34.5. The van der Waals surface area contributed by atoms with Gasteiger partial charge < -0.3 is 0 Å². The highest BCUT2D eigenvalue weighted by atomic mass is 32.2. The molecule has 3 nitrogen and oxygen atoms in total. The first-order valence-electron chi connectivity index (χ1n) is 21.3. The Kier molecular flexibility index (Phi) is 10.3. The first kappa shape index (κ1) is 37.9. The highest BCUT2D eigenvalue weighted by molar-refractivity contribution is 7.99. The van der Waals surface area contributed by atoms with Crippen LogP contribution in [0.25, 0.3) is 17.2 Å². The molecule has 0 aromatic heterocycles. The molecule has 0 saturated carbocycles. The van der Waals surface area contributed by atoms with Gasteiger partial charge in [-0.2, -0.15) is 0 Å². The van der Waals surface area contributed by atoms with Crippen LogP contribution in [0.1, 0.15) is 83.4 Å². The molecular formula is C56H47N3S. The maximum absolute atomic E-state index is 8.77. The van der Waals surface area contributed by atoms with Gasteiger partial charge in [0.1, 0.15) is 5.84 Å². The molecule has 0 fully saturated rings. The van der Waals surface area contributed by atoms with Crippen molar-refractivity contribution in [3.63, 3.8) is 0 Å². The van der Waals surface area contributed by atoms with E-state index in [1.165, 1.54) is 65.6 Å². The molecule has 2 unspecified atom stereocenters. The van der Waals surface area contributed by atoms with Gasteiger partial charge in [0.05, 0.1) is 16.8 Å². The fraction of sp³-hybridized carbons (Fsp3) is 0.161. The molecule has 2 atom stereocenters. The van der Waals surface area contributed by atoms with Crippen molar-refractivity contribution in [2.24, 2.45) is 15.9 Å². The fourth-order valence-electron chi connectivity index (χ4n) is 9.72. The van der Waals surface area contributed by atoms with Crippen LogP contribution >= 0.6 is 11.8 Å². The number of rotatable bonds is 9. The van der Waals surface area contributed by atoms with Gasteiger partial charge in [0.2, 0.25) is 0 Å². The number of hydrogen-bond donors (Lipinski definition) is 1. The molecule has 5 aromatic carbocycles. The van der Waals surface area contributed by atoms with E-state index >= 15 is 0 Å². The molecule has 0 bridgehead atoms. The first-order valence-corrected chi connectivity index (χ1v) is 22.1. The smallest absolute Gasteiger partial charge is 0.148 e. The normalized spacial score (nSPS) is 18.8. The van der Waals surface area contributed by atoms with Crippen molar-refractivity contribution in [1.82, 2.24) is 0 Å². The summed E-state index contributed by atoms with van der Waals surface area (Å²) in [5.74, 6) is 0.666. The summed E-state index contributed by atoms with van der Waals surface area (Å²) < 4.78 is 0. The van der Waals surface area contributed by atoms with Gasteiger partial charge in [-0.25, -0.2) is 4.99 Å². The van der Waals surface area contributed by atoms with Crippen molar-refractivity contribution in [3.05, 3.63) is 232 Å². The molecule has 3 aliphatic carbocycles. The molecule has 0 radical (unpaired) electrons. The minimum absolute atomic E-state index is 0.0957. The van der Waals surface area contributed by atoms with E-state index in [9.17, 15) is 0 Å². The SMILES string of the molecule is C=CC(/C=C/C(=NC(=N)C1=CC=CCC1)c1ccccc1)C/C=C/c1ccc2c(c1)C1(c3cc(C4CC=CC5=C4N=CCC5)ccc3S2)c2ccccc2-c2ccccc21. The second kappa shape index (κ2) is 16.4. The predicted octanol–water partition coefficient (Wildman–Crippen LogP) is 14.2. The summed E-state index contributed by atoms with van der Waals surface area (Å²) in [5, 5.41) is 8.77. The largest absolute Gasteiger partial charge is 0.283 e. The van der Waals surface area contributed by atoms with Crippen LogP contribution in [0.3, 0.4) is 0 Å². The van der Waals surface area contributed by atoms with Crippen molar-refractivity contribution in [2.75, 3.05) is 0 Å². The fourth-order valence-corrected chi connectivity index (χ4v) is 10.9. The van der Waals surface area contributed by atoms with Crippen LogP contribution in [0.15, 0.2) is 213 Å². The zero-order chi connectivity index (χ0) is 40.5. The summed E-state index contributed by atoms with van der Waals surface area (Å²) in [6.07, 6.45) is 29.3. The topological polar surface area (TPSA) is 48.6 Å². The Bertz CT molecular complexity index is 2740. The Hall–Kier alpha value is -6.36. The van der Waals surface area contributed by atoms with Gasteiger partial charge in [-0.1, -0.05) is 164 Å². The van der Waals surface area contributed by atoms with Gasteiger partial charge in [0, 0.05) is 27.5 Å². The number of amidine groups is 1. The van der Waals surface area contributed by atoms with Gasteiger partial charge in [0.25, 0.3) is 0 Å². The van der Waals surface area contributed by atoms with Gasteiger partial charge in [-0.15, -0.1) is 6.58 Å². The number of benzene rings is 5. The minimum Gasteiger partial charge on any atom is -0.283 e. The molecule has 4 heteroatoms. The monoisotopic (exact) mass is 793 g/mol. The number of aliphatic imine (C=N–C) groups is 2. The van der Waals surface area contributed by atoms with E-state index in [-0.39, 0.29) is 11.8 Å². The van der Waals surface area contributed by atoms with E-state index in [2.05, 4.69) is 152 Å². The predicted molar refractivity (Wildman–Crippen MR) is 253 cm³/mol. The van der Waals surface area contributed by atoms with Crippen molar-refractivity contribution < 1.29 is 0 Å². The average molecular weight is 794 g/mol. The van der Waals surface area contributed by atoms with Crippen LogP contribution in [0.2, 0.25) is 0 Å². The molecule has 10 rings (SSSR count). The number of allylic oxidation sites excluding steroid dienone is 11. The van der Waals surface area contributed by atoms with E-state index in [0.29, 0.717) is 5.84 Å². The standard InChI is InChI=1S/C56H47N3S/c1-2-38(29-32-51(40-18-5-3-6-19-40)59-55(57)42-20-7-4-8-21-42)16-13-17-39-30-33-52-49(36-39)56(47-27-11-9-24-45(47)46-25-10-12-28-48(46)56)50-37-43(31-34-53(50)60-52)44-26-14-22-41-23-15-35-58-54(41)44/h2-7,9-14,17-20,22,24-25,27-38,44,57H,1,8,15-16,21,23,26H2/b17-13+,32-29+,57-55?,59-51?. The molecule has 0 amide bonds. The third-order valence-electron chi connectivity index (χ3n) is 12.7. The summed E-state index contributed by atoms with van der Waals surface area (Å²) in [6.45, 7) is 4.20. The van der Waals surface area contributed by atoms with E-state index in [4.69, 9.17) is 15.4 Å². The second-order valence-corrected chi connectivity index (χ2v) is 17.3. The lowest BCUT2D eigenvalue weighted by atomic mass is 9.66. The maximum Gasteiger partial charge on any atom is 0.148 e. The van der Waals surface area contributed by atoms with E-state index in [1.54, 1.807) is 0 Å². The summed E-state index contributed by atoms with van der Waals surface area (Å²) in [4.78, 5) is 12.4. The molecule has 0 saturated heterocycles. The van der Waals surface area contributed by atoms with Crippen LogP contribution in [0, 0.1) is 11.3 Å². The zero-order valence-electron chi connectivity index (χ0n) is 33.7. The van der Waals surface area contributed by atoms with Crippen LogP contribution in [-0.4, -0.2) is 17.8 Å². The number of hydrogen-bond acceptors (Lipinski definition) is 3. The Morgan fingerprint density at radius 1 is 0.833 bits per heavy atom. The molecule has 1 N–H and O–H groups in total. The Morgan fingerprint density at radius 3 is 2.35 bits per heavy atom. The molecule has 5 aliphatic rings. The van der Waals surface area contributed by atoms with Crippen molar-refractivity contribution in [2.45, 2.75) is 59.6 Å². The lowest BCUT2D eigenvalue weighted by Gasteiger charge is -2.40. The van der Waals surface area contributed by atoms with Crippen molar-refractivity contribution >= 4 is 35.6 Å². The second-order valence-electron chi connectivity index (χ2n) is 16.2. The van der Waals surface area contributed by atoms with Crippen LogP contribution in [-0.2, 0) is 5.41 Å². The van der Waals surface area contributed by atoms with E-state index < -0.39 is 5.41 Å². The van der Waals surface area contributed by atoms with E-state index in [0.717, 1.165) is 55.4 Å². The molecule has 2 aliphatic heterocycles. The molecule has 1 spiro atoms. The third kappa shape index (κ3) is 6.79. The Labute approximate surface area is 358 Å². The summed E-state index contributed by atoms with van der Waals surface area (Å²) in [7, 11) is 0. The summed E-state index contributed by atoms with van der Waals surface area (Å²) >= 11 is 1.90. The third-order valence-corrected chi connectivity index (χ3v) is 13.8. The maximum atomic E-state index is 8.77. The van der Waals surface area contributed by atoms with Gasteiger partial charge in [0.15, 0.2) is 0 Å². The lowest BCUT2D eigenvalue weighted by molar-refractivity contribution is 0.707. The van der Waals surface area contributed by atoms with E-state index in [1.807, 2.05) is 48.2 Å². The van der Waals surface area contributed by atoms with Crippen molar-refractivity contribution in [3.8, 4) is 11.1 Å². The first-order chi connectivity index (χ1) is 29.6. The molecule has 2 heterocycles. The van der Waals surface area contributed by atoms with Crippen LogP contribution in [0.4, 0.5) is 0 Å². The lowest BCUT2D eigenvalue weighted by Crippen LogP contribution is -2.32. The van der Waals surface area contributed by atoms with Gasteiger partial charge >= 0.3 is 0 Å². The quantitative estimate of drug-likeness (QED) is 0.0883. The summed E-state index contributed by atoms with van der Waals surface area (Å²) in [6, 6.07) is 42.6. The van der Waals surface area contributed by atoms with Gasteiger partial charge in [-0.05, 0) is 124 Å². The highest BCUT2D eigenvalue weighted by Gasteiger charge is 2.50.